The zero-order valence-corrected chi connectivity index (χ0v) is 10.9. The molecule has 100 valence electrons. The SMILES string of the molecule is CC(NC(=O)/C=C/c1ccccc1)C(=O)NC1CC1. The molecule has 1 saturated carbocycles. The Labute approximate surface area is 112 Å². The van der Waals surface area contributed by atoms with E-state index < -0.39 is 6.04 Å². The van der Waals surface area contributed by atoms with E-state index in [-0.39, 0.29) is 11.8 Å². The lowest BCUT2D eigenvalue weighted by molar-refractivity contribution is -0.126. The number of hydrogen-bond acceptors (Lipinski definition) is 2. The number of nitrogens with one attached hydrogen (secondary N) is 2. The zero-order valence-electron chi connectivity index (χ0n) is 10.9. The number of hydrogen-bond donors (Lipinski definition) is 2. The van der Waals surface area contributed by atoms with E-state index in [1.54, 1.807) is 13.0 Å². The molecule has 2 N–H and O–H groups in total. The van der Waals surface area contributed by atoms with Crippen LogP contribution in [0.5, 0.6) is 0 Å². The molecule has 0 heterocycles. The summed E-state index contributed by atoms with van der Waals surface area (Å²) in [5.41, 5.74) is 0.952. The van der Waals surface area contributed by atoms with Crippen LogP contribution in [-0.2, 0) is 9.59 Å². The van der Waals surface area contributed by atoms with Gasteiger partial charge in [0.05, 0.1) is 0 Å². The van der Waals surface area contributed by atoms with Crippen LogP contribution in [-0.4, -0.2) is 23.9 Å². The van der Waals surface area contributed by atoms with E-state index in [1.807, 2.05) is 30.3 Å². The van der Waals surface area contributed by atoms with Crippen molar-refractivity contribution >= 4 is 17.9 Å². The van der Waals surface area contributed by atoms with Gasteiger partial charge in [-0.3, -0.25) is 9.59 Å². The number of rotatable bonds is 5. The van der Waals surface area contributed by atoms with Gasteiger partial charge >= 0.3 is 0 Å². The molecule has 1 aliphatic carbocycles. The molecule has 1 aromatic rings. The predicted octanol–water partition coefficient (Wildman–Crippen LogP) is 1.48. The number of carbonyl (C=O) groups is 2. The minimum absolute atomic E-state index is 0.121. The molecule has 2 amide bonds. The van der Waals surface area contributed by atoms with Gasteiger partial charge in [0, 0.05) is 12.1 Å². The second-order valence-corrected chi connectivity index (χ2v) is 4.76. The third-order valence-electron chi connectivity index (χ3n) is 2.90. The second kappa shape index (κ2) is 6.18. The molecule has 1 aliphatic rings. The van der Waals surface area contributed by atoms with Gasteiger partial charge in [-0.2, -0.15) is 0 Å². The number of benzene rings is 1. The molecular formula is C15H18N2O2. The van der Waals surface area contributed by atoms with Gasteiger partial charge in [-0.05, 0) is 31.4 Å². The van der Waals surface area contributed by atoms with Crippen LogP contribution in [0.4, 0.5) is 0 Å². The van der Waals surface area contributed by atoms with Crippen molar-refractivity contribution in [3.8, 4) is 0 Å². The highest BCUT2D eigenvalue weighted by molar-refractivity contribution is 5.95. The lowest BCUT2D eigenvalue weighted by Crippen LogP contribution is -2.44. The summed E-state index contributed by atoms with van der Waals surface area (Å²) in [5.74, 6) is -0.383. The molecule has 0 saturated heterocycles. The Bertz CT molecular complexity index is 478. The van der Waals surface area contributed by atoms with Gasteiger partial charge < -0.3 is 10.6 Å². The summed E-state index contributed by atoms with van der Waals surface area (Å²) < 4.78 is 0. The monoisotopic (exact) mass is 258 g/mol. The molecule has 1 atom stereocenters. The first kappa shape index (κ1) is 13.3. The molecule has 0 bridgehead atoms. The summed E-state index contributed by atoms with van der Waals surface area (Å²) >= 11 is 0. The van der Waals surface area contributed by atoms with Crippen LogP contribution in [0.2, 0.25) is 0 Å². The molecule has 19 heavy (non-hydrogen) atoms. The van der Waals surface area contributed by atoms with Crippen molar-refractivity contribution in [3.63, 3.8) is 0 Å². The Hall–Kier alpha value is -2.10. The second-order valence-electron chi connectivity index (χ2n) is 4.76. The van der Waals surface area contributed by atoms with E-state index in [1.165, 1.54) is 6.08 Å². The lowest BCUT2D eigenvalue weighted by Gasteiger charge is -2.12. The average Bonchev–Trinajstić information content (AvgIpc) is 3.21. The molecule has 4 heteroatoms. The molecule has 1 aromatic carbocycles. The van der Waals surface area contributed by atoms with Crippen LogP contribution in [0.25, 0.3) is 6.08 Å². The van der Waals surface area contributed by atoms with Crippen molar-refractivity contribution < 1.29 is 9.59 Å². The smallest absolute Gasteiger partial charge is 0.244 e. The third-order valence-corrected chi connectivity index (χ3v) is 2.90. The number of carbonyl (C=O) groups excluding carboxylic acids is 2. The van der Waals surface area contributed by atoms with Gasteiger partial charge in [0.25, 0.3) is 0 Å². The van der Waals surface area contributed by atoms with E-state index in [0.29, 0.717) is 6.04 Å². The third kappa shape index (κ3) is 4.58. The Morgan fingerprint density at radius 2 is 1.95 bits per heavy atom. The maximum absolute atomic E-state index is 11.7. The molecular weight excluding hydrogens is 240 g/mol. The molecule has 0 aromatic heterocycles. The predicted molar refractivity (Wildman–Crippen MR) is 74.2 cm³/mol. The molecule has 4 nitrogen and oxygen atoms in total. The summed E-state index contributed by atoms with van der Waals surface area (Å²) in [6.07, 6.45) is 5.25. The topological polar surface area (TPSA) is 58.2 Å². The van der Waals surface area contributed by atoms with Gasteiger partial charge in [-0.15, -0.1) is 0 Å². The Morgan fingerprint density at radius 1 is 1.26 bits per heavy atom. The van der Waals surface area contributed by atoms with Crippen molar-refractivity contribution in [1.82, 2.24) is 10.6 Å². The molecule has 1 fully saturated rings. The summed E-state index contributed by atoms with van der Waals surface area (Å²) in [7, 11) is 0. The quantitative estimate of drug-likeness (QED) is 0.786. The standard InChI is InChI=1S/C15H18N2O2/c1-11(15(19)17-13-8-9-13)16-14(18)10-7-12-5-3-2-4-6-12/h2-7,10-11,13H,8-9H2,1H3,(H,16,18)(H,17,19)/b10-7+. The van der Waals surface area contributed by atoms with E-state index >= 15 is 0 Å². The number of amides is 2. The average molecular weight is 258 g/mol. The van der Waals surface area contributed by atoms with Gasteiger partial charge in [-0.25, -0.2) is 0 Å². The van der Waals surface area contributed by atoms with Gasteiger partial charge in [0.15, 0.2) is 0 Å². The first-order valence-corrected chi connectivity index (χ1v) is 6.49. The fourth-order valence-electron chi connectivity index (χ4n) is 1.62. The maximum Gasteiger partial charge on any atom is 0.244 e. The van der Waals surface area contributed by atoms with Gasteiger partial charge in [0.1, 0.15) is 6.04 Å². The van der Waals surface area contributed by atoms with Crippen molar-refractivity contribution in [3.05, 3.63) is 42.0 Å². The highest BCUT2D eigenvalue weighted by Crippen LogP contribution is 2.18. The molecule has 0 spiro atoms. The highest BCUT2D eigenvalue weighted by atomic mass is 16.2. The Kier molecular flexibility index (Phi) is 4.34. The highest BCUT2D eigenvalue weighted by Gasteiger charge is 2.25. The van der Waals surface area contributed by atoms with Crippen LogP contribution in [0.15, 0.2) is 36.4 Å². The van der Waals surface area contributed by atoms with E-state index in [9.17, 15) is 9.59 Å². The maximum atomic E-state index is 11.7. The van der Waals surface area contributed by atoms with Crippen molar-refractivity contribution in [2.75, 3.05) is 0 Å². The van der Waals surface area contributed by atoms with Crippen LogP contribution in [0.3, 0.4) is 0 Å². The Balaban J connectivity index is 1.79. The minimum Gasteiger partial charge on any atom is -0.352 e. The van der Waals surface area contributed by atoms with Crippen molar-refractivity contribution in [1.29, 1.82) is 0 Å². The molecule has 0 aliphatic heterocycles. The summed E-state index contributed by atoms with van der Waals surface area (Å²) in [6, 6.07) is 9.36. The van der Waals surface area contributed by atoms with Gasteiger partial charge in [0.2, 0.25) is 11.8 Å². The van der Waals surface area contributed by atoms with Crippen LogP contribution in [0, 0.1) is 0 Å². The zero-order chi connectivity index (χ0) is 13.7. The van der Waals surface area contributed by atoms with Crippen LogP contribution in [0.1, 0.15) is 25.3 Å². The fourth-order valence-corrected chi connectivity index (χ4v) is 1.62. The van der Waals surface area contributed by atoms with E-state index in [4.69, 9.17) is 0 Å². The summed E-state index contributed by atoms with van der Waals surface area (Å²) in [4.78, 5) is 23.3. The lowest BCUT2D eigenvalue weighted by atomic mass is 10.2. The normalized spacial score (nSPS) is 16.1. The minimum atomic E-state index is -0.506. The van der Waals surface area contributed by atoms with Crippen LogP contribution >= 0.6 is 0 Å². The van der Waals surface area contributed by atoms with Crippen molar-refractivity contribution in [2.24, 2.45) is 0 Å². The van der Waals surface area contributed by atoms with E-state index in [0.717, 1.165) is 18.4 Å². The van der Waals surface area contributed by atoms with Crippen molar-refractivity contribution in [2.45, 2.75) is 31.8 Å². The fraction of sp³-hybridized carbons (Fsp3) is 0.333. The summed E-state index contributed by atoms with van der Waals surface area (Å²) in [5, 5.41) is 5.50. The van der Waals surface area contributed by atoms with E-state index in [2.05, 4.69) is 10.6 Å². The molecule has 1 unspecified atom stereocenters. The first-order chi connectivity index (χ1) is 9.15. The van der Waals surface area contributed by atoms with Crippen LogP contribution < -0.4 is 10.6 Å². The summed E-state index contributed by atoms with van der Waals surface area (Å²) in [6.45, 7) is 1.69. The largest absolute Gasteiger partial charge is 0.352 e. The molecule has 2 rings (SSSR count). The Morgan fingerprint density at radius 3 is 2.58 bits per heavy atom. The van der Waals surface area contributed by atoms with Gasteiger partial charge in [-0.1, -0.05) is 30.3 Å². The first-order valence-electron chi connectivity index (χ1n) is 6.49. The molecule has 0 radical (unpaired) electrons.